The van der Waals surface area contributed by atoms with Gasteiger partial charge in [-0.05, 0) is 12.8 Å². The number of nitrogens with one attached hydrogen (secondary N) is 1. The molecule has 0 saturated carbocycles. The van der Waals surface area contributed by atoms with E-state index in [0.29, 0.717) is 19.3 Å². The number of halogens is 3. The third-order valence-electron chi connectivity index (χ3n) is 1.91. The van der Waals surface area contributed by atoms with Gasteiger partial charge in [-0.15, -0.1) is 0 Å². The first-order valence-corrected chi connectivity index (χ1v) is 6.43. The third kappa shape index (κ3) is 7.16. The first kappa shape index (κ1) is 16.2. The molecule has 0 aliphatic rings. The maximum Gasteiger partial charge on any atom is 0.511 e. The highest BCUT2D eigenvalue weighted by Crippen LogP contribution is 2.21. The van der Waals surface area contributed by atoms with E-state index in [-0.39, 0.29) is 19.4 Å². The fourth-order valence-corrected chi connectivity index (χ4v) is 1.62. The summed E-state index contributed by atoms with van der Waals surface area (Å²) in [4.78, 5) is 10.1. The average Bonchev–Trinajstić information content (AvgIpc) is 2.13. The smallest absolute Gasteiger partial charge is 0.481 e. The van der Waals surface area contributed by atoms with Crippen molar-refractivity contribution in [3.63, 3.8) is 0 Å². The average molecular weight is 277 g/mol. The molecular formula is C8H14F3NO4S. The first-order chi connectivity index (χ1) is 7.67. The van der Waals surface area contributed by atoms with Crippen molar-refractivity contribution in [2.45, 2.75) is 37.6 Å². The summed E-state index contributed by atoms with van der Waals surface area (Å²) in [5.41, 5.74) is -5.28. The molecule has 0 aliphatic carbocycles. The molecule has 0 spiro atoms. The van der Waals surface area contributed by atoms with Gasteiger partial charge in [-0.2, -0.15) is 13.2 Å². The largest absolute Gasteiger partial charge is 0.511 e. The number of carbonyl (C=O) groups is 1. The number of unbranched alkanes of at least 4 members (excludes halogenated alkanes) is 3. The molecule has 0 atom stereocenters. The molecule has 0 unspecified atom stereocenters. The summed E-state index contributed by atoms with van der Waals surface area (Å²) in [5, 5.41) is 8.30. The number of hydrogen-bond acceptors (Lipinski definition) is 3. The molecule has 0 radical (unpaired) electrons. The predicted molar refractivity (Wildman–Crippen MR) is 53.7 cm³/mol. The van der Waals surface area contributed by atoms with Gasteiger partial charge in [0.25, 0.3) is 0 Å². The van der Waals surface area contributed by atoms with Crippen LogP contribution in [0.3, 0.4) is 0 Å². The highest BCUT2D eigenvalue weighted by molar-refractivity contribution is 7.90. The molecule has 0 rings (SSSR count). The van der Waals surface area contributed by atoms with Crippen LogP contribution in [0.25, 0.3) is 0 Å². The van der Waals surface area contributed by atoms with Gasteiger partial charge in [0.2, 0.25) is 0 Å². The van der Waals surface area contributed by atoms with Crippen LogP contribution < -0.4 is 4.72 Å². The van der Waals surface area contributed by atoms with Crippen LogP contribution in [0.15, 0.2) is 0 Å². The van der Waals surface area contributed by atoms with Crippen LogP contribution >= 0.6 is 0 Å². The molecule has 17 heavy (non-hydrogen) atoms. The van der Waals surface area contributed by atoms with E-state index in [4.69, 9.17) is 5.11 Å². The zero-order valence-corrected chi connectivity index (χ0v) is 9.77. The van der Waals surface area contributed by atoms with Crippen LogP contribution in [-0.4, -0.2) is 31.5 Å². The Hall–Kier alpha value is -0.830. The predicted octanol–water partition coefficient (Wildman–Crippen LogP) is 1.46. The van der Waals surface area contributed by atoms with Crippen molar-refractivity contribution in [3.05, 3.63) is 0 Å². The zero-order chi connectivity index (χ0) is 13.5. The molecule has 102 valence electrons. The lowest BCUT2D eigenvalue weighted by atomic mass is 10.1. The minimum absolute atomic E-state index is 0.00821. The number of carboxylic acid groups (broad SMARTS) is 1. The highest BCUT2D eigenvalue weighted by atomic mass is 32.2. The summed E-state index contributed by atoms with van der Waals surface area (Å²) < 4.78 is 58.0. The second-order valence-electron chi connectivity index (χ2n) is 3.40. The van der Waals surface area contributed by atoms with Crippen LogP contribution in [0.2, 0.25) is 0 Å². The second kappa shape index (κ2) is 6.80. The van der Waals surface area contributed by atoms with Crippen LogP contribution in [0.1, 0.15) is 32.1 Å². The van der Waals surface area contributed by atoms with E-state index >= 15 is 0 Å². The maximum atomic E-state index is 11.8. The van der Waals surface area contributed by atoms with Gasteiger partial charge in [-0.25, -0.2) is 13.1 Å². The van der Waals surface area contributed by atoms with Crippen molar-refractivity contribution in [1.82, 2.24) is 4.72 Å². The number of carboxylic acids is 1. The molecule has 9 heteroatoms. The third-order valence-corrected chi connectivity index (χ3v) is 3.11. The number of alkyl halides is 3. The van der Waals surface area contributed by atoms with Crippen molar-refractivity contribution >= 4 is 16.0 Å². The monoisotopic (exact) mass is 277 g/mol. The van der Waals surface area contributed by atoms with Crippen LogP contribution in [0.5, 0.6) is 0 Å². The van der Waals surface area contributed by atoms with Gasteiger partial charge >= 0.3 is 21.5 Å². The van der Waals surface area contributed by atoms with Crippen molar-refractivity contribution in [2.24, 2.45) is 0 Å². The van der Waals surface area contributed by atoms with E-state index in [9.17, 15) is 26.4 Å². The van der Waals surface area contributed by atoms with Gasteiger partial charge in [0, 0.05) is 13.0 Å². The van der Waals surface area contributed by atoms with Gasteiger partial charge in [-0.3, -0.25) is 4.79 Å². The zero-order valence-electron chi connectivity index (χ0n) is 8.96. The summed E-state index contributed by atoms with van der Waals surface area (Å²) in [6.45, 7) is -0.297. The Bertz CT molecular complexity index is 339. The fraction of sp³-hybridized carbons (Fsp3) is 0.875. The minimum atomic E-state index is -5.28. The first-order valence-electron chi connectivity index (χ1n) is 4.94. The quantitative estimate of drug-likeness (QED) is 0.658. The highest BCUT2D eigenvalue weighted by Gasteiger charge is 2.45. The lowest BCUT2D eigenvalue weighted by Crippen LogP contribution is -2.36. The van der Waals surface area contributed by atoms with Crippen LogP contribution in [0, 0.1) is 0 Å². The topological polar surface area (TPSA) is 83.5 Å². The molecule has 0 aliphatic heterocycles. The molecule has 0 aromatic rings. The van der Waals surface area contributed by atoms with E-state index in [2.05, 4.69) is 0 Å². The normalized spacial score (nSPS) is 12.6. The maximum absolute atomic E-state index is 11.8. The SMILES string of the molecule is O=C(O)CCCCCCNS(=O)(=O)C(F)(F)F. The lowest BCUT2D eigenvalue weighted by molar-refractivity contribution is -0.137. The number of hydrogen-bond donors (Lipinski definition) is 2. The molecule has 0 saturated heterocycles. The summed E-state index contributed by atoms with van der Waals surface area (Å²) in [7, 11) is -5.25. The van der Waals surface area contributed by atoms with E-state index in [1.165, 1.54) is 4.72 Å². The van der Waals surface area contributed by atoms with E-state index in [1.807, 2.05) is 0 Å². The molecule has 0 fully saturated rings. The Balaban J connectivity index is 3.63. The lowest BCUT2D eigenvalue weighted by Gasteiger charge is -2.08. The molecule has 0 aromatic heterocycles. The van der Waals surface area contributed by atoms with Crippen molar-refractivity contribution in [1.29, 1.82) is 0 Å². The van der Waals surface area contributed by atoms with Gasteiger partial charge in [0.05, 0.1) is 0 Å². The van der Waals surface area contributed by atoms with E-state index in [0.717, 1.165) is 0 Å². The van der Waals surface area contributed by atoms with Crippen LogP contribution in [0.4, 0.5) is 13.2 Å². The molecule has 0 bridgehead atoms. The minimum Gasteiger partial charge on any atom is -0.481 e. The van der Waals surface area contributed by atoms with E-state index in [1.54, 1.807) is 0 Å². The van der Waals surface area contributed by atoms with Gasteiger partial charge in [0.15, 0.2) is 0 Å². The fourth-order valence-electron chi connectivity index (χ4n) is 1.04. The number of aliphatic carboxylic acids is 1. The van der Waals surface area contributed by atoms with Gasteiger partial charge in [0.1, 0.15) is 0 Å². The van der Waals surface area contributed by atoms with E-state index < -0.39 is 21.5 Å². The summed E-state index contributed by atoms with van der Waals surface area (Å²) >= 11 is 0. The summed E-state index contributed by atoms with van der Waals surface area (Å²) in [5.74, 6) is -0.928. The van der Waals surface area contributed by atoms with Gasteiger partial charge in [-0.1, -0.05) is 12.8 Å². The van der Waals surface area contributed by atoms with Gasteiger partial charge < -0.3 is 5.11 Å². The number of sulfonamides is 1. The Kier molecular flexibility index (Phi) is 6.46. The van der Waals surface area contributed by atoms with Crippen molar-refractivity contribution in [2.75, 3.05) is 6.54 Å². The van der Waals surface area contributed by atoms with Crippen molar-refractivity contribution in [3.8, 4) is 0 Å². The summed E-state index contributed by atoms with van der Waals surface area (Å²) in [6.07, 6.45) is 1.71. The van der Waals surface area contributed by atoms with Crippen LogP contribution in [-0.2, 0) is 14.8 Å². The molecule has 0 amide bonds. The second-order valence-corrected chi connectivity index (χ2v) is 5.16. The van der Waals surface area contributed by atoms with Crippen molar-refractivity contribution < 1.29 is 31.5 Å². The Morgan fingerprint density at radius 2 is 1.65 bits per heavy atom. The Morgan fingerprint density at radius 3 is 2.12 bits per heavy atom. The molecule has 5 nitrogen and oxygen atoms in total. The summed E-state index contributed by atoms with van der Waals surface area (Å²) in [6, 6.07) is 0. The molecule has 0 aromatic carbocycles. The molecule has 0 heterocycles. The molecule has 2 N–H and O–H groups in total. The number of rotatable bonds is 8. The molecular weight excluding hydrogens is 263 g/mol. The Morgan fingerprint density at radius 1 is 1.12 bits per heavy atom. The Labute approximate surface area is 97.1 Å². The standard InChI is InChI=1S/C8H14F3NO4S/c9-8(10,11)17(15,16)12-6-4-2-1-3-5-7(13)14/h12H,1-6H2,(H,13,14).